The second-order valence-corrected chi connectivity index (χ2v) is 2.31. The second-order valence-electron chi connectivity index (χ2n) is 2.31. The quantitative estimate of drug-likeness (QED) is 0.438. The van der Waals surface area contributed by atoms with E-state index in [1.807, 2.05) is 0 Å². The maximum atomic E-state index is 10.4. The van der Waals surface area contributed by atoms with Crippen molar-refractivity contribution >= 4 is 17.6 Å². The van der Waals surface area contributed by atoms with Gasteiger partial charge in [0, 0.05) is 18.3 Å². The molecule has 5 heteroatoms. The Hall–Kier alpha value is -1.91. The van der Waals surface area contributed by atoms with Crippen molar-refractivity contribution < 1.29 is 4.92 Å². The van der Waals surface area contributed by atoms with Gasteiger partial charge in [-0.25, -0.2) is 0 Å². The van der Waals surface area contributed by atoms with Crippen LogP contribution >= 0.6 is 0 Å². The molecule has 1 aromatic carbocycles. The summed E-state index contributed by atoms with van der Waals surface area (Å²) in [6.07, 6.45) is 1.57. The van der Waals surface area contributed by atoms with Gasteiger partial charge in [-0.05, 0) is 13.0 Å². The van der Waals surface area contributed by atoms with Crippen molar-refractivity contribution in [2.45, 2.75) is 6.92 Å². The molecule has 0 heterocycles. The smallest absolute Gasteiger partial charge is 0.271 e. The van der Waals surface area contributed by atoms with Crippen LogP contribution in [-0.2, 0) is 0 Å². The summed E-state index contributed by atoms with van der Waals surface area (Å²) >= 11 is 0. The molecule has 0 aliphatic heterocycles. The van der Waals surface area contributed by atoms with Crippen LogP contribution in [0.5, 0.6) is 0 Å². The molecule has 1 rings (SSSR count). The minimum absolute atomic E-state index is 0.0521. The molecule has 0 radical (unpaired) electrons. The lowest BCUT2D eigenvalue weighted by molar-refractivity contribution is -0.384. The summed E-state index contributed by atoms with van der Waals surface area (Å²) in [5, 5.41) is 14.1. The minimum Gasteiger partial charge on any atom is -0.279 e. The van der Waals surface area contributed by atoms with Gasteiger partial charge in [0.1, 0.15) is 0 Å². The first-order valence-corrected chi connectivity index (χ1v) is 3.72. The minimum atomic E-state index is -0.444. The van der Waals surface area contributed by atoms with Crippen molar-refractivity contribution in [2.75, 3.05) is 5.43 Å². The molecule has 0 bridgehead atoms. The Bertz CT molecular complexity index is 336. The molecule has 5 nitrogen and oxygen atoms in total. The monoisotopic (exact) mass is 179 g/mol. The van der Waals surface area contributed by atoms with E-state index in [4.69, 9.17) is 0 Å². The normalized spacial score (nSPS) is 10.2. The van der Waals surface area contributed by atoms with E-state index in [0.717, 1.165) is 0 Å². The number of benzene rings is 1. The van der Waals surface area contributed by atoms with Gasteiger partial charge in [0.05, 0.1) is 10.6 Å². The lowest BCUT2D eigenvalue weighted by atomic mass is 10.3. The Balaban J connectivity index is 2.85. The summed E-state index contributed by atoms with van der Waals surface area (Å²) in [5.74, 6) is 0. The largest absolute Gasteiger partial charge is 0.279 e. The number of nitrogens with zero attached hydrogens (tertiary/aromatic N) is 2. The van der Waals surface area contributed by atoms with Crippen LogP contribution in [0.15, 0.2) is 29.4 Å². The van der Waals surface area contributed by atoms with Crippen molar-refractivity contribution in [2.24, 2.45) is 5.10 Å². The summed E-state index contributed by atoms with van der Waals surface area (Å²) in [6, 6.07) is 6.17. The maximum Gasteiger partial charge on any atom is 0.271 e. The van der Waals surface area contributed by atoms with E-state index in [-0.39, 0.29) is 5.69 Å². The summed E-state index contributed by atoms with van der Waals surface area (Å²) in [5.41, 5.74) is 3.31. The van der Waals surface area contributed by atoms with Crippen molar-refractivity contribution in [3.63, 3.8) is 0 Å². The van der Waals surface area contributed by atoms with Gasteiger partial charge < -0.3 is 0 Å². The molecule has 68 valence electrons. The topological polar surface area (TPSA) is 67.5 Å². The molecule has 0 saturated heterocycles. The number of nitro benzene ring substituents is 1. The van der Waals surface area contributed by atoms with Crippen LogP contribution in [0.3, 0.4) is 0 Å². The Labute approximate surface area is 75.2 Å². The highest BCUT2D eigenvalue weighted by atomic mass is 16.6. The average Bonchev–Trinajstić information content (AvgIpc) is 2.15. The third kappa shape index (κ3) is 2.55. The van der Waals surface area contributed by atoms with Gasteiger partial charge in [0.2, 0.25) is 0 Å². The summed E-state index contributed by atoms with van der Waals surface area (Å²) in [7, 11) is 0. The molecule has 0 aliphatic rings. The zero-order valence-corrected chi connectivity index (χ0v) is 7.10. The van der Waals surface area contributed by atoms with Crippen LogP contribution in [-0.4, -0.2) is 11.1 Å². The maximum absolute atomic E-state index is 10.4. The van der Waals surface area contributed by atoms with Gasteiger partial charge in [-0.2, -0.15) is 5.10 Å². The van der Waals surface area contributed by atoms with Gasteiger partial charge >= 0.3 is 0 Å². The number of non-ortho nitro benzene ring substituents is 1. The predicted octanol–water partition coefficient (Wildman–Crippen LogP) is 2.01. The van der Waals surface area contributed by atoms with Gasteiger partial charge in [-0.15, -0.1) is 0 Å². The highest BCUT2D eigenvalue weighted by Gasteiger charge is 2.03. The summed E-state index contributed by atoms with van der Waals surface area (Å²) < 4.78 is 0. The third-order valence-corrected chi connectivity index (χ3v) is 1.38. The van der Waals surface area contributed by atoms with E-state index in [1.165, 1.54) is 12.1 Å². The lowest BCUT2D eigenvalue weighted by Gasteiger charge is -1.98. The van der Waals surface area contributed by atoms with Crippen LogP contribution in [0, 0.1) is 10.1 Å². The summed E-state index contributed by atoms with van der Waals surface area (Å²) in [6.45, 7) is 1.75. The SMILES string of the molecule is CC=NNc1cccc([N+](=O)[O-])c1. The van der Waals surface area contributed by atoms with Crippen molar-refractivity contribution in [1.29, 1.82) is 0 Å². The predicted molar refractivity (Wildman–Crippen MR) is 50.9 cm³/mol. The van der Waals surface area contributed by atoms with Gasteiger partial charge in [0.25, 0.3) is 5.69 Å². The molecule has 1 N–H and O–H groups in total. The Kier molecular flexibility index (Phi) is 2.97. The van der Waals surface area contributed by atoms with Crippen LogP contribution in [0.4, 0.5) is 11.4 Å². The zero-order chi connectivity index (χ0) is 9.68. The van der Waals surface area contributed by atoms with Crippen molar-refractivity contribution in [1.82, 2.24) is 0 Å². The second kappa shape index (κ2) is 4.20. The molecule has 0 unspecified atom stereocenters. The van der Waals surface area contributed by atoms with E-state index < -0.39 is 4.92 Å². The van der Waals surface area contributed by atoms with E-state index in [2.05, 4.69) is 10.5 Å². The fourth-order valence-corrected chi connectivity index (χ4v) is 0.828. The first-order chi connectivity index (χ1) is 6.24. The molecule has 0 fully saturated rings. The van der Waals surface area contributed by atoms with Crippen LogP contribution in [0.1, 0.15) is 6.92 Å². The molecule has 0 atom stereocenters. The molecular weight excluding hydrogens is 170 g/mol. The highest BCUT2D eigenvalue weighted by molar-refractivity contribution is 5.57. The Morgan fingerprint density at radius 3 is 3.00 bits per heavy atom. The van der Waals surface area contributed by atoms with E-state index in [1.54, 1.807) is 25.3 Å². The van der Waals surface area contributed by atoms with Crippen LogP contribution < -0.4 is 5.43 Å². The van der Waals surface area contributed by atoms with E-state index >= 15 is 0 Å². The third-order valence-electron chi connectivity index (χ3n) is 1.38. The molecule has 0 spiro atoms. The number of nitro groups is 1. The Morgan fingerprint density at radius 1 is 1.62 bits per heavy atom. The zero-order valence-electron chi connectivity index (χ0n) is 7.10. The summed E-state index contributed by atoms with van der Waals surface area (Å²) in [4.78, 5) is 9.92. The number of nitrogens with one attached hydrogen (secondary N) is 1. The van der Waals surface area contributed by atoms with Crippen LogP contribution in [0.25, 0.3) is 0 Å². The average molecular weight is 179 g/mol. The highest BCUT2D eigenvalue weighted by Crippen LogP contribution is 2.16. The number of anilines is 1. The van der Waals surface area contributed by atoms with Crippen LogP contribution in [0.2, 0.25) is 0 Å². The number of hydrogen-bond donors (Lipinski definition) is 1. The fourth-order valence-electron chi connectivity index (χ4n) is 0.828. The molecule has 1 aromatic rings. The molecule has 0 aliphatic carbocycles. The molecule has 13 heavy (non-hydrogen) atoms. The molecule has 0 aromatic heterocycles. The standard InChI is InChI=1S/C8H9N3O2/c1-2-9-10-7-4-3-5-8(6-7)11(12)13/h2-6,10H,1H3. The number of hydrogen-bond acceptors (Lipinski definition) is 4. The number of rotatable bonds is 3. The molecule has 0 saturated carbocycles. The van der Waals surface area contributed by atoms with E-state index in [0.29, 0.717) is 5.69 Å². The van der Waals surface area contributed by atoms with Gasteiger partial charge in [0.15, 0.2) is 0 Å². The fraction of sp³-hybridized carbons (Fsp3) is 0.125. The first-order valence-electron chi connectivity index (χ1n) is 3.72. The molecule has 0 amide bonds. The Morgan fingerprint density at radius 2 is 2.38 bits per heavy atom. The lowest BCUT2D eigenvalue weighted by Crippen LogP contribution is -1.91. The first kappa shape index (κ1) is 9.18. The van der Waals surface area contributed by atoms with Gasteiger partial charge in [-0.3, -0.25) is 15.5 Å². The molecular formula is C8H9N3O2. The van der Waals surface area contributed by atoms with Crippen molar-refractivity contribution in [3.8, 4) is 0 Å². The van der Waals surface area contributed by atoms with Gasteiger partial charge in [-0.1, -0.05) is 6.07 Å². The number of hydrazone groups is 1. The van der Waals surface area contributed by atoms with Crippen molar-refractivity contribution in [3.05, 3.63) is 34.4 Å². The van der Waals surface area contributed by atoms with E-state index in [9.17, 15) is 10.1 Å².